The van der Waals surface area contributed by atoms with Gasteiger partial charge in [0.1, 0.15) is 17.5 Å². The summed E-state index contributed by atoms with van der Waals surface area (Å²) in [5, 5.41) is 11.1. The van der Waals surface area contributed by atoms with E-state index in [0.717, 1.165) is 36.0 Å². The van der Waals surface area contributed by atoms with Crippen LogP contribution in [0, 0.1) is 22.7 Å². The number of esters is 2. The lowest BCUT2D eigenvalue weighted by Gasteiger charge is -2.46. The van der Waals surface area contributed by atoms with Crippen molar-refractivity contribution in [3.05, 3.63) is 94.4 Å². The Morgan fingerprint density at radius 1 is 1.02 bits per heavy atom. The van der Waals surface area contributed by atoms with Crippen molar-refractivity contribution in [2.24, 2.45) is 10.8 Å². The molecule has 0 aromatic rings. The van der Waals surface area contributed by atoms with Crippen molar-refractivity contribution < 1.29 is 28.9 Å². The average molecular weight is 613 g/mol. The highest BCUT2D eigenvalue weighted by atomic mass is 16.6. The molecule has 1 N–H and O–H groups in total. The third-order valence-corrected chi connectivity index (χ3v) is 9.26. The van der Waals surface area contributed by atoms with Gasteiger partial charge in [0, 0.05) is 36.2 Å². The molecular weight excluding hydrogens is 564 g/mol. The molecule has 6 heteroatoms. The zero-order chi connectivity index (χ0) is 33.2. The molecule has 240 valence electrons. The van der Waals surface area contributed by atoms with Gasteiger partial charge in [-0.1, -0.05) is 81.6 Å². The number of carbonyl (C=O) groups is 2. The summed E-state index contributed by atoms with van der Waals surface area (Å²) < 4.78 is 17.2. The number of hydrogen-bond acceptors (Lipinski definition) is 6. The lowest BCUT2D eigenvalue weighted by Crippen LogP contribution is -2.56. The number of rotatable bonds is 7. The summed E-state index contributed by atoms with van der Waals surface area (Å²) in [7, 11) is 0. The number of cyclic esters (lactones) is 1. The van der Waals surface area contributed by atoms with E-state index in [2.05, 4.69) is 46.5 Å². The first-order chi connectivity index (χ1) is 20.9. The molecule has 2 bridgehead atoms. The van der Waals surface area contributed by atoms with Crippen molar-refractivity contribution in [1.29, 1.82) is 0 Å². The summed E-state index contributed by atoms with van der Waals surface area (Å²) in [6.45, 7) is 17.8. The van der Waals surface area contributed by atoms with Crippen LogP contribution in [0.15, 0.2) is 94.4 Å². The Hall–Kier alpha value is -3.66. The summed E-state index contributed by atoms with van der Waals surface area (Å²) in [6, 6.07) is 0. The van der Waals surface area contributed by atoms with Gasteiger partial charge in [0.15, 0.2) is 0 Å². The topological polar surface area (TPSA) is 82.1 Å². The molecule has 2 saturated heterocycles. The molecule has 4 atom stereocenters. The number of allylic oxidation sites excluding steroid dienone is 11. The Morgan fingerprint density at radius 2 is 1.71 bits per heavy atom. The molecule has 0 amide bonds. The molecule has 2 fully saturated rings. The van der Waals surface area contributed by atoms with Crippen LogP contribution in [-0.2, 0) is 23.8 Å². The highest BCUT2D eigenvalue weighted by Crippen LogP contribution is 2.60. The molecule has 0 saturated carbocycles. The normalized spacial score (nSPS) is 32.1. The summed E-state index contributed by atoms with van der Waals surface area (Å²) >= 11 is 0. The number of aliphatic hydroxyl groups is 1. The second kappa shape index (κ2) is 13.0. The predicted octanol–water partition coefficient (Wildman–Crippen LogP) is 7.69. The van der Waals surface area contributed by atoms with Crippen LogP contribution >= 0.6 is 0 Å². The predicted molar refractivity (Wildman–Crippen MR) is 177 cm³/mol. The molecule has 1 unspecified atom stereocenters. The van der Waals surface area contributed by atoms with E-state index < -0.39 is 17.2 Å². The van der Waals surface area contributed by atoms with Crippen molar-refractivity contribution in [3.8, 4) is 11.8 Å². The van der Waals surface area contributed by atoms with E-state index in [1.165, 1.54) is 12.5 Å². The van der Waals surface area contributed by atoms with E-state index in [9.17, 15) is 14.7 Å². The fraction of sp³-hybridized carbons (Fsp3) is 0.487. The Labute approximate surface area is 269 Å². The fourth-order valence-electron chi connectivity index (χ4n) is 7.37. The minimum atomic E-state index is -0.998. The van der Waals surface area contributed by atoms with E-state index in [-0.39, 0.29) is 29.0 Å². The van der Waals surface area contributed by atoms with Crippen LogP contribution in [-0.4, -0.2) is 40.5 Å². The van der Waals surface area contributed by atoms with Crippen LogP contribution in [0.3, 0.4) is 0 Å². The Bertz CT molecular complexity index is 1520. The largest absolute Gasteiger partial charge is 0.462 e. The smallest absolute Gasteiger partial charge is 0.343 e. The summed E-state index contributed by atoms with van der Waals surface area (Å²) in [6.07, 6.45) is 21.7. The summed E-state index contributed by atoms with van der Waals surface area (Å²) in [5.41, 5.74) is 2.37. The van der Waals surface area contributed by atoms with Crippen LogP contribution in [0.25, 0.3) is 0 Å². The van der Waals surface area contributed by atoms with E-state index >= 15 is 0 Å². The van der Waals surface area contributed by atoms with Crippen LogP contribution in [0.1, 0.15) is 88.0 Å². The van der Waals surface area contributed by atoms with Gasteiger partial charge < -0.3 is 19.3 Å². The zero-order valence-corrected chi connectivity index (χ0v) is 28.2. The molecule has 6 nitrogen and oxygen atoms in total. The third-order valence-electron chi connectivity index (χ3n) is 9.26. The molecule has 0 radical (unpaired) electrons. The summed E-state index contributed by atoms with van der Waals surface area (Å²) in [5.74, 6) is 6.46. The number of fused-ring (bicyclic) bond motifs is 2. The minimum Gasteiger partial charge on any atom is -0.462 e. The molecular formula is C39H48O6. The number of ether oxygens (including phenoxy) is 3. The lowest BCUT2D eigenvalue weighted by atomic mass is 9.61. The second-order valence-electron chi connectivity index (χ2n) is 14.4. The first kappa shape index (κ1) is 34.2. The quantitative estimate of drug-likeness (QED) is 0.180. The monoisotopic (exact) mass is 612 g/mol. The van der Waals surface area contributed by atoms with E-state index in [1.54, 1.807) is 12.2 Å². The van der Waals surface area contributed by atoms with Gasteiger partial charge in [0.2, 0.25) is 0 Å². The zero-order valence-electron chi connectivity index (χ0n) is 28.2. The van der Waals surface area contributed by atoms with Gasteiger partial charge in [-0.15, -0.1) is 0 Å². The van der Waals surface area contributed by atoms with Gasteiger partial charge in [-0.2, -0.15) is 0 Å². The van der Waals surface area contributed by atoms with Crippen LogP contribution in [0.2, 0.25) is 0 Å². The van der Waals surface area contributed by atoms with Crippen LogP contribution < -0.4 is 0 Å². The van der Waals surface area contributed by atoms with Crippen molar-refractivity contribution >= 4 is 11.9 Å². The van der Waals surface area contributed by atoms with Gasteiger partial charge in [-0.25, -0.2) is 4.79 Å². The van der Waals surface area contributed by atoms with Gasteiger partial charge >= 0.3 is 11.9 Å². The Morgan fingerprint density at radius 3 is 2.33 bits per heavy atom. The molecule has 1 aliphatic carbocycles. The van der Waals surface area contributed by atoms with Gasteiger partial charge in [0.25, 0.3) is 0 Å². The van der Waals surface area contributed by atoms with E-state index in [1.807, 2.05) is 69.4 Å². The fourth-order valence-corrected chi connectivity index (χ4v) is 7.37. The van der Waals surface area contributed by atoms with Crippen molar-refractivity contribution in [3.63, 3.8) is 0 Å². The second-order valence-corrected chi connectivity index (χ2v) is 14.4. The first-order valence-corrected chi connectivity index (χ1v) is 15.8. The molecule has 0 spiro atoms. The van der Waals surface area contributed by atoms with Gasteiger partial charge in [0.05, 0.1) is 17.3 Å². The maximum absolute atomic E-state index is 12.6. The van der Waals surface area contributed by atoms with Gasteiger partial charge in [-0.3, -0.25) is 4.79 Å². The highest BCUT2D eigenvalue weighted by molar-refractivity contribution is 5.95. The van der Waals surface area contributed by atoms with Crippen molar-refractivity contribution in [2.45, 2.75) is 111 Å². The highest BCUT2D eigenvalue weighted by Gasteiger charge is 2.67. The number of hydrogen-bond donors (Lipinski definition) is 1. The lowest BCUT2D eigenvalue weighted by molar-refractivity contribution is -0.147. The maximum Gasteiger partial charge on any atom is 0.343 e. The Balaban J connectivity index is 1.35. The SMILES string of the molecule is CC(=O)O[C@@H]1CC(C)=C(C#C/C(C)=C/C=C/C=C/C=C(C)/C=C2C=C(/C=C/[C@@]34OC(CC3(C)C)C[C@@]4(C)O)C(=O)O/2)C(C)(C)C1. The molecule has 0 aromatic carbocycles. The minimum absolute atomic E-state index is 0.0238. The van der Waals surface area contributed by atoms with Crippen molar-refractivity contribution in [1.82, 2.24) is 0 Å². The van der Waals surface area contributed by atoms with Gasteiger partial charge in [-0.05, 0) is 76.0 Å². The summed E-state index contributed by atoms with van der Waals surface area (Å²) in [4.78, 5) is 24.0. The average Bonchev–Trinajstić information content (AvgIpc) is 3.46. The Kier molecular flexibility index (Phi) is 9.87. The molecule has 3 aliphatic heterocycles. The molecule has 3 heterocycles. The third kappa shape index (κ3) is 7.60. The molecule has 45 heavy (non-hydrogen) atoms. The van der Waals surface area contributed by atoms with Crippen LogP contribution in [0.4, 0.5) is 0 Å². The van der Waals surface area contributed by atoms with E-state index in [4.69, 9.17) is 14.2 Å². The van der Waals surface area contributed by atoms with Crippen molar-refractivity contribution in [2.75, 3.05) is 0 Å². The van der Waals surface area contributed by atoms with Crippen LogP contribution in [0.5, 0.6) is 0 Å². The maximum atomic E-state index is 12.6. The number of carbonyl (C=O) groups excluding carboxylic acids is 2. The molecule has 4 aliphatic rings. The molecule has 4 rings (SSSR count). The first-order valence-electron chi connectivity index (χ1n) is 15.8. The molecule has 0 aromatic heterocycles. The standard InChI is InChI=1S/C39H48O6/c1-26(16-17-34-28(3)21-32(43-29(4)40)23-36(34,5)6)14-12-10-11-13-15-27(2)20-31-22-30(35(41)44-31)18-19-39-37(7,8)24-33(45-39)25-38(39,9)42/h10-15,18-20,22,32-33,42H,21,23-25H2,1-9H3/b12-10+,13-11+,19-18+,26-14+,27-15+,31-20-/t32-,33?,38-,39-/m1/s1. The van der Waals surface area contributed by atoms with E-state index in [0.29, 0.717) is 17.8 Å².